The van der Waals surface area contributed by atoms with Crippen molar-refractivity contribution in [3.05, 3.63) is 16.9 Å². The molecule has 0 atom stereocenters. The summed E-state index contributed by atoms with van der Waals surface area (Å²) < 4.78 is 0. The molecule has 0 saturated carbocycles. The summed E-state index contributed by atoms with van der Waals surface area (Å²) in [6.45, 7) is 0. The Morgan fingerprint density at radius 2 is 2.75 bits per heavy atom. The van der Waals surface area contributed by atoms with Crippen molar-refractivity contribution in [3.63, 3.8) is 0 Å². The van der Waals surface area contributed by atoms with E-state index in [-0.39, 0.29) is 0 Å². The summed E-state index contributed by atoms with van der Waals surface area (Å²) >= 11 is 0. The van der Waals surface area contributed by atoms with Gasteiger partial charge in [0, 0.05) is 0 Å². The molecule has 0 bridgehead atoms. The molecule has 0 fully saturated rings. The molecule has 1 aliphatic heterocycles. The van der Waals surface area contributed by atoms with E-state index in [1.807, 2.05) is 0 Å². The third-order valence-corrected chi connectivity index (χ3v) is 0.611. The average molecular weight is 111 g/mol. The highest BCUT2D eigenvalue weighted by Gasteiger charge is 2.03. The van der Waals surface area contributed by atoms with Gasteiger partial charge in [-0.15, -0.1) is 4.91 Å². The van der Waals surface area contributed by atoms with Gasteiger partial charge in [-0.1, -0.05) is 0 Å². The van der Waals surface area contributed by atoms with Gasteiger partial charge in [0.15, 0.2) is 6.20 Å². The number of nitrogens with zero attached hydrogens (tertiary/aromatic N) is 3. The normalized spacial score (nSPS) is 20.2. The van der Waals surface area contributed by atoms with Crippen molar-refractivity contribution >= 4 is 6.34 Å². The summed E-state index contributed by atoms with van der Waals surface area (Å²) in [5.41, 5.74) is 0. The van der Waals surface area contributed by atoms with E-state index < -0.39 is 0 Å². The minimum absolute atomic E-state index is 0.375. The largest absolute Gasteiger partial charge is 0.325 e. The highest BCUT2D eigenvalue weighted by molar-refractivity contribution is 5.48. The molecule has 5 heteroatoms. The molecule has 1 N–H and O–H groups in total. The zero-order valence-corrected chi connectivity index (χ0v) is 3.90. The number of azo groups is 1. The third-order valence-electron chi connectivity index (χ3n) is 0.611. The lowest BCUT2D eigenvalue weighted by atomic mass is 10.8. The molecular formula is C3H3N4O+. The summed E-state index contributed by atoms with van der Waals surface area (Å²) in [7, 11) is 0. The first-order chi connectivity index (χ1) is 3.93. The first-order valence-corrected chi connectivity index (χ1v) is 1.95. The number of nitrogens with one attached hydrogen (secondary N) is 1. The van der Waals surface area contributed by atoms with Gasteiger partial charge in [-0.05, 0) is 5.18 Å². The third kappa shape index (κ3) is 0.810. The molecule has 0 aliphatic carbocycles. The lowest BCUT2D eigenvalue weighted by Gasteiger charge is -1.64. The van der Waals surface area contributed by atoms with Gasteiger partial charge in [-0.25, -0.2) is 4.99 Å². The van der Waals surface area contributed by atoms with Gasteiger partial charge in [-0.3, -0.25) is 0 Å². The molecule has 40 valence electrons. The Kier molecular flexibility index (Phi) is 1.23. The summed E-state index contributed by atoms with van der Waals surface area (Å²) in [6, 6.07) is 0. The maximum Gasteiger partial charge on any atom is 0.325 e. The lowest BCUT2D eigenvalue weighted by molar-refractivity contribution is -0.387. The summed E-state index contributed by atoms with van der Waals surface area (Å²) in [5.74, 6) is 0.375. The second-order valence-electron chi connectivity index (χ2n) is 1.11. The van der Waals surface area contributed by atoms with Crippen molar-refractivity contribution in [1.29, 1.82) is 0 Å². The summed E-state index contributed by atoms with van der Waals surface area (Å²) in [6.07, 6.45) is 2.42. The zero-order valence-electron chi connectivity index (χ0n) is 3.90. The van der Waals surface area contributed by atoms with Crippen LogP contribution < -0.4 is 4.99 Å². The van der Waals surface area contributed by atoms with Crippen LogP contribution in [0.4, 0.5) is 0 Å². The van der Waals surface area contributed by atoms with E-state index in [9.17, 15) is 4.91 Å². The summed E-state index contributed by atoms with van der Waals surface area (Å²) in [5, 5.41) is 9.33. The molecule has 0 aromatic carbocycles. The van der Waals surface area contributed by atoms with Crippen molar-refractivity contribution < 1.29 is 4.99 Å². The smallest absolute Gasteiger partial charge is 0.240 e. The van der Waals surface area contributed by atoms with Crippen LogP contribution in [0.5, 0.6) is 0 Å². The van der Waals surface area contributed by atoms with Crippen molar-refractivity contribution in [2.45, 2.75) is 0 Å². The van der Waals surface area contributed by atoms with Crippen molar-refractivity contribution in [2.75, 3.05) is 0 Å². The lowest BCUT2D eigenvalue weighted by Crippen LogP contribution is -2.63. The standard InChI is InChI=1S/C3H2N4O/c8-6-1-3-4-2-5-7-3/h1-2H/p+1/b3-1-. The summed E-state index contributed by atoms with van der Waals surface area (Å²) in [4.78, 5) is 12.0. The monoisotopic (exact) mass is 111 g/mol. The zero-order chi connectivity index (χ0) is 5.82. The minimum Gasteiger partial charge on any atom is -0.240 e. The predicted molar refractivity (Wildman–Crippen MR) is 25.8 cm³/mol. The van der Waals surface area contributed by atoms with E-state index in [2.05, 4.69) is 20.4 Å². The predicted octanol–water partition coefficient (Wildman–Crippen LogP) is -0.874. The van der Waals surface area contributed by atoms with Gasteiger partial charge < -0.3 is 0 Å². The SMILES string of the molecule is O=N/C=C1\N=NC=[NH+]1. The van der Waals surface area contributed by atoms with Crippen molar-refractivity contribution in [1.82, 2.24) is 0 Å². The van der Waals surface area contributed by atoms with E-state index in [0.29, 0.717) is 5.82 Å². The fourth-order valence-corrected chi connectivity index (χ4v) is 0.328. The highest BCUT2D eigenvalue weighted by atomic mass is 16.2. The van der Waals surface area contributed by atoms with E-state index in [1.165, 1.54) is 6.34 Å². The van der Waals surface area contributed by atoms with Crippen molar-refractivity contribution in [3.8, 4) is 0 Å². The highest BCUT2D eigenvalue weighted by Crippen LogP contribution is 1.86. The topological polar surface area (TPSA) is 68.1 Å². The van der Waals surface area contributed by atoms with Gasteiger partial charge in [-0.2, -0.15) is 0 Å². The second kappa shape index (κ2) is 2.06. The molecule has 0 unspecified atom stereocenters. The Morgan fingerprint density at radius 3 is 3.25 bits per heavy atom. The van der Waals surface area contributed by atoms with E-state index in [1.54, 1.807) is 0 Å². The van der Waals surface area contributed by atoms with Gasteiger partial charge in [0.1, 0.15) is 0 Å². The van der Waals surface area contributed by atoms with Crippen LogP contribution in [0, 0.1) is 4.91 Å². The van der Waals surface area contributed by atoms with Gasteiger partial charge in [0.25, 0.3) is 6.34 Å². The van der Waals surface area contributed by atoms with Crippen LogP contribution in [0.3, 0.4) is 0 Å². The molecule has 1 heterocycles. The first kappa shape index (κ1) is 4.76. The first-order valence-electron chi connectivity index (χ1n) is 1.95. The Morgan fingerprint density at radius 1 is 1.88 bits per heavy atom. The molecule has 0 aromatic heterocycles. The Bertz CT molecular complexity index is 166. The van der Waals surface area contributed by atoms with Crippen LogP contribution in [0.2, 0.25) is 0 Å². The molecule has 1 aliphatic rings. The Hall–Kier alpha value is -1.39. The quantitative estimate of drug-likeness (QED) is 0.439. The molecule has 5 nitrogen and oxygen atoms in total. The average Bonchev–Trinajstić information content (AvgIpc) is 2.19. The van der Waals surface area contributed by atoms with Gasteiger partial charge in [0.05, 0.1) is 10.2 Å². The number of hydrogen-bond acceptors (Lipinski definition) is 4. The number of hydrogen-bond donors (Lipinski definition) is 1. The molecule has 0 spiro atoms. The van der Waals surface area contributed by atoms with Crippen LogP contribution in [0.1, 0.15) is 0 Å². The van der Waals surface area contributed by atoms with Crippen LogP contribution >= 0.6 is 0 Å². The minimum atomic E-state index is 0.375. The Labute approximate surface area is 44.8 Å². The fraction of sp³-hybridized carbons (Fsp3) is 0. The van der Waals surface area contributed by atoms with Gasteiger partial charge >= 0.3 is 5.82 Å². The number of rotatable bonds is 1. The van der Waals surface area contributed by atoms with Crippen LogP contribution in [0.15, 0.2) is 27.4 Å². The maximum atomic E-state index is 9.48. The molecule has 8 heavy (non-hydrogen) atoms. The fourth-order valence-electron chi connectivity index (χ4n) is 0.328. The van der Waals surface area contributed by atoms with Crippen LogP contribution in [0.25, 0.3) is 0 Å². The second-order valence-corrected chi connectivity index (χ2v) is 1.11. The molecule has 0 radical (unpaired) electrons. The van der Waals surface area contributed by atoms with Crippen molar-refractivity contribution in [2.24, 2.45) is 15.4 Å². The van der Waals surface area contributed by atoms with E-state index >= 15 is 0 Å². The molecule has 0 aromatic rings. The van der Waals surface area contributed by atoms with E-state index in [4.69, 9.17) is 0 Å². The molecule has 0 saturated heterocycles. The maximum absolute atomic E-state index is 9.48. The molecular weight excluding hydrogens is 108 g/mol. The van der Waals surface area contributed by atoms with E-state index in [0.717, 1.165) is 6.20 Å². The molecule has 0 amide bonds. The Balaban J connectivity index is 2.74. The van der Waals surface area contributed by atoms with Gasteiger partial charge in [0.2, 0.25) is 0 Å². The van der Waals surface area contributed by atoms with Crippen LogP contribution in [-0.4, -0.2) is 6.34 Å². The van der Waals surface area contributed by atoms with Crippen LogP contribution in [-0.2, 0) is 0 Å². The number of nitroso groups, excluding NO2 is 1. The molecule has 1 rings (SSSR count).